The zero-order valence-corrected chi connectivity index (χ0v) is 37.8. The molecule has 0 aliphatic heterocycles. The summed E-state index contributed by atoms with van der Waals surface area (Å²) in [4.78, 5) is 15.5. The SMILES string of the molecule is [2H]c1c(-c2cc(-c3ccccc3)cc(-c3ccccc3)c2)c([2H])c2c(sc3c([2H])c(-c4nc(-c5ccc(-c6ccccc6)cc5)nc(-c5cc(-c6ccccc6)cc6sc7ccccc7c56)n4)c([2H])c([2H])c32)c1[2H]. The predicted molar refractivity (Wildman–Crippen MR) is 289 cm³/mol. The van der Waals surface area contributed by atoms with Crippen molar-refractivity contribution >= 4 is 63.0 Å². The number of nitrogens with zero attached hydrogens (tertiary/aromatic N) is 3. The highest BCUT2D eigenvalue weighted by Gasteiger charge is 2.20. The van der Waals surface area contributed by atoms with Gasteiger partial charge < -0.3 is 0 Å². The van der Waals surface area contributed by atoms with Crippen molar-refractivity contribution in [2.24, 2.45) is 0 Å². The maximum atomic E-state index is 9.98. The van der Waals surface area contributed by atoms with Gasteiger partial charge in [0.25, 0.3) is 0 Å². The molecule has 318 valence electrons. The van der Waals surface area contributed by atoms with Gasteiger partial charge in [0.15, 0.2) is 17.5 Å². The molecule has 0 amide bonds. The quantitative estimate of drug-likeness (QED) is 0.152. The lowest BCUT2D eigenvalue weighted by Crippen LogP contribution is -2.00. The van der Waals surface area contributed by atoms with Crippen molar-refractivity contribution < 1.29 is 8.22 Å². The van der Waals surface area contributed by atoms with Crippen molar-refractivity contribution in [1.82, 2.24) is 15.0 Å². The van der Waals surface area contributed by atoms with E-state index in [0.717, 1.165) is 81.6 Å². The zero-order chi connectivity index (χ0) is 50.2. The first kappa shape index (κ1) is 34.0. The van der Waals surface area contributed by atoms with Gasteiger partial charge in [0, 0.05) is 57.0 Å². The summed E-state index contributed by atoms with van der Waals surface area (Å²) < 4.78 is 61.2. The fraction of sp³-hybridized carbons (Fsp3) is 0. The summed E-state index contributed by atoms with van der Waals surface area (Å²) in [6.07, 6.45) is 0. The van der Waals surface area contributed by atoms with Crippen molar-refractivity contribution in [2.45, 2.75) is 0 Å². The van der Waals surface area contributed by atoms with Gasteiger partial charge in [-0.05, 0) is 110 Å². The van der Waals surface area contributed by atoms with Gasteiger partial charge in [-0.3, -0.25) is 0 Å². The first-order valence-electron chi connectivity index (χ1n) is 25.3. The Bertz CT molecular complexity index is 4300. The molecule has 0 saturated carbocycles. The molecule has 0 aliphatic carbocycles. The van der Waals surface area contributed by atoms with Gasteiger partial charge in [-0.25, -0.2) is 15.0 Å². The van der Waals surface area contributed by atoms with Crippen LogP contribution in [-0.4, -0.2) is 15.0 Å². The second-order valence-electron chi connectivity index (χ2n) is 16.7. The average Bonchev–Trinajstić information content (AvgIpc) is 4.06. The van der Waals surface area contributed by atoms with Crippen LogP contribution in [0.3, 0.4) is 0 Å². The van der Waals surface area contributed by atoms with E-state index >= 15 is 0 Å². The topological polar surface area (TPSA) is 38.7 Å². The molecule has 5 heteroatoms. The van der Waals surface area contributed by atoms with Crippen molar-refractivity contribution in [1.29, 1.82) is 0 Å². The Hall–Kier alpha value is -8.35. The molecule has 0 N–H and O–H groups in total. The van der Waals surface area contributed by atoms with Crippen molar-refractivity contribution in [2.75, 3.05) is 0 Å². The average molecular weight is 908 g/mol. The second kappa shape index (κ2) is 16.8. The van der Waals surface area contributed by atoms with Crippen LogP contribution in [-0.2, 0) is 0 Å². The fourth-order valence-corrected chi connectivity index (χ4v) is 11.2. The van der Waals surface area contributed by atoms with Crippen molar-refractivity contribution in [3.8, 4) is 89.8 Å². The van der Waals surface area contributed by atoms with Gasteiger partial charge in [0.05, 0.1) is 8.22 Å². The van der Waals surface area contributed by atoms with Crippen LogP contribution >= 0.6 is 22.7 Å². The fourth-order valence-electron chi connectivity index (χ4n) is 9.02. The second-order valence-corrected chi connectivity index (χ2v) is 18.8. The molecule has 0 aliphatic rings. The van der Waals surface area contributed by atoms with Crippen LogP contribution in [0.2, 0.25) is 0 Å². The molecular weight excluding hydrogens is 863 g/mol. The molecule has 3 aromatic heterocycles. The molecule has 10 aromatic carbocycles. The number of hydrogen-bond donors (Lipinski definition) is 0. The van der Waals surface area contributed by atoms with E-state index in [-0.39, 0.29) is 64.0 Å². The molecule has 3 nitrogen and oxygen atoms in total. The van der Waals surface area contributed by atoms with Gasteiger partial charge in [0.1, 0.15) is 0 Å². The van der Waals surface area contributed by atoms with Crippen LogP contribution in [0.5, 0.6) is 0 Å². The minimum atomic E-state index is -0.284. The molecule has 0 bridgehead atoms. The van der Waals surface area contributed by atoms with E-state index in [0.29, 0.717) is 32.2 Å². The largest absolute Gasteiger partial charge is 0.208 e. The summed E-state index contributed by atoms with van der Waals surface area (Å²) in [5.41, 5.74) is 10.1. The Labute approximate surface area is 410 Å². The monoisotopic (exact) mass is 907 g/mol. The molecule has 0 fully saturated rings. The highest BCUT2D eigenvalue weighted by Crippen LogP contribution is 2.44. The smallest absolute Gasteiger partial charge is 0.164 e. The van der Waals surface area contributed by atoms with E-state index in [1.165, 1.54) is 0 Å². The molecule has 0 radical (unpaired) electrons. The molecule has 0 saturated heterocycles. The van der Waals surface area contributed by atoms with Crippen LogP contribution in [0.1, 0.15) is 8.22 Å². The van der Waals surface area contributed by atoms with Crippen molar-refractivity contribution in [3.05, 3.63) is 236 Å². The summed E-state index contributed by atoms with van der Waals surface area (Å²) >= 11 is 2.79. The van der Waals surface area contributed by atoms with Crippen LogP contribution in [0.4, 0.5) is 0 Å². The van der Waals surface area contributed by atoms with Gasteiger partial charge in [-0.2, -0.15) is 0 Å². The van der Waals surface area contributed by atoms with Crippen LogP contribution in [0.25, 0.3) is 130 Å². The predicted octanol–water partition coefficient (Wildman–Crippen LogP) is 17.9. The van der Waals surface area contributed by atoms with E-state index in [1.54, 1.807) is 11.3 Å². The van der Waals surface area contributed by atoms with Gasteiger partial charge in [-0.1, -0.05) is 182 Å². The standard InChI is InChI=1S/C63H39N3S2/c1-5-15-40(16-6-1)44-25-27-45(28-26-44)61-64-62(66-63(65-61)55-37-51(43-21-11-4-12-22-43)39-59-60(55)53-23-13-14-24-56(53)68-59)47-29-31-52-54-36-46(30-32-57(54)67-58(52)38-47)50-34-48(41-17-7-2-8-18-41)33-49(35-50)42-19-9-3-10-20-42/h1-39H/i29D,30D,31D,32D,36D,38D. The molecule has 0 atom stereocenters. The van der Waals surface area contributed by atoms with Gasteiger partial charge in [-0.15, -0.1) is 22.7 Å². The Morgan fingerprint density at radius 1 is 0.279 bits per heavy atom. The maximum Gasteiger partial charge on any atom is 0.164 e. The van der Waals surface area contributed by atoms with Crippen LogP contribution in [0, 0.1) is 0 Å². The lowest BCUT2D eigenvalue weighted by atomic mass is 9.93. The van der Waals surface area contributed by atoms with Crippen LogP contribution in [0.15, 0.2) is 236 Å². The number of benzene rings is 10. The summed E-state index contributed by atoms with van der Waals surface area (Å²) in [6, 6.07) is 65.8. The zero-order valence-electron chi connectivity index (χ0n) is 42.2. The first-order valence-corrected chi connectivity index (χ1v) is 24.0. The van der Waals surface area contributed by atoms with E-state index < -0.39 is 0 Å². The lowest BCUT2D eigenvalue weighted by molar-refractivity contribution is 1.08. The molecule has 13 aromatic rings. The maximum absolute atomic E-state index is 9.98. The highest BCUT2D eigenvalue weighted by atomic mass is 32.1. The Morgan fingerprint density at radius 3 is 1.38 bits per heavy atom. The molecule has 3 heterocycles. The highest BCUT2D eigenvalue weighted by molar-refractivity contribution is 7.26. The lowest BCUT2D eigenvalue weighted by Gasteiger charge is -2.12. The normalized spacial score (nSPS) is 12.8. The summed E-state index contributed by atoms with van der Waals surface area (Å²) in [5.74, 6) is 0.744. The minimum absolute atomic E-state index is 0.0366. The summed E-state index contributed by atoms with van der Waals surface area (Å²) in [7, 11) is 0. The first-order chi connectivity index (χ1) is 36.2. The minimum Gasteiger partial charge on any atom is -0.208 e. The van der Waals surface area contributed by atoms with Crippen LogP contribution < -0.4 is 0 Å². The molecular formula is C63H39N3S2. The summed E-state index contributed by atoms with van der Waals surface area (Å²) in [6.45, 7) is 0. The number of fused-ring (bicyclic) bond motifs is 6. The number of rotatable bonds is 8. The number of hydrogen-bond acceptors (Lipinski definition) is 5. The van der Waals surface area contributed by atoms with Gasteiger partial charge in [0.2, 0.25) is 0 Å². The van der Waals surface area contributed by atoms with E-state index in [2.05, 4.69) is 54.6 Å². The van der Waals surface area contributed by atoms with E-state index in [4.69, 9.17) is 15.0 Å². The Balaban J connectivity index is 1.04. The summed E-state index contributed by atoms with van der Waals surface area (Å²) in [5, 5.41) is 2.52. The Kier molecular flexibility index (Phi) is 8.42. The molecule has 0 spiro atoms. The third kappa shape index (κ3) is 7.35. The van der Waals surface area contributed by atoms with E-state index in [1.807, 2.05) is 146 Å². The number of aromatic nitrogens is 3. The Morgan fingerprint density at radius 2 is 0.750 bits per heavy atom. The molecule has 13 rings (SSSR count). The van der Waals surface area contributed by atoms with Gasteiger partial charge >= 0.3 is 0 Å². The third-order valence-electron chi connectivity index (χ3n) is 12.4. The molecule has 0 unspecified atom stereocenters. The third-order valence-corrected chi connectivity index (χ3v) is 14.5. The van der Waals surface area contributed by atoms with E-state index in [9.17, 15) is 8.22 Å². The number of thiophene rings is 2. The van der Waals surface area contributed by atoms with Crippen molar-refractivity contribution in [3.63, 3.8) is 0 Å². The molecule has 68 heavy (non-hydrogen) atoms.